The van der Waals surface area contributed by atoms with E-state index in [2.05, 4.69) is 15.9 Å². The molecular weight excluding hydrogens is 531 g/mol. The maximum absolute atomic E-state index is 13.9. The molecule has 1 saturated heterocycles. The second-order valence-corrected chi connectivity index (χ2v) is 10.0. The second-order valence-electron chi connectivity index (χ2n) is 4.39. The number of ether oxygens (including phenoxy) is 2. The average molecular weight is 545 g/mol. The molecule has 0 aromatic heterocycles. The quantitative estimate of drug-likeness (QED) is 0.431. The van der Waals surface area contributed by atoms with Crippen LogP contribution in [-0.4, -0.2) is 50.1 Å². The van der Waals surface area contributed by atoms with E-state index in [0.29, 0.717) is 6.42 Å². The summed E-state index contributed by atoms with van der Waals surface area (Å²) in [5, 5.41) is -1.40. The predicted octanol–water partition coefficient (Wildman–Crippen LogP) is 2.42. The SMILES string of the molecule is CC[C@H]1O[C@H](Br)C(F)(F)[C@H]1O[C](=O)[BiH][c]1ccccc1. The third-order valence-electron chi connectivity index (χ3n) is 2.97. The fourth-order valence-corrected chi connectivity index (χ4v) is 5.51. The second kappa shape index (κ2) is 6.76. The van der Waals surface area contributed by atoms with Gasteiger partial charge in [-0.25, -0.2) is 0 Å². The van der Waals surface area contributed by atoms with Crippen LogP contribution in [-0.2, 0) is 9.47 Å². The van der Waals surface area contributed by atoms with Gasteiger partial charge in [-0.15, -0.1) is 0 Å². The monoisotopic (exact) mass is 544 g/mol. The molecule has 110 valence electrons. The summed E-state index contributed by atoms with van der Waals surface area (Å²) in [6, 6.07) is 9.16. The van der Waals surface area contributed by atoms with E-state index in [-0.39, 0.29) is 0 Å². The van der Waals surface area contributed by atoms with Crippen LogP contribution < -0.4 is 3.27 Å². The molecular formula is C13H14BiBrF2O3. The summed E-state index contributed by atoms with van der Waals surface area (Å²) in [4.78, 5) is 11.9. The molecule has 7 heteroatoms. The van der Waals surface area contributed by atoms with Crippen LogP contribution in [0.1, 0.15) is 13.3 Å². The number of hydrogen-bond donors (Lipinski definition) is 0. The first-order chi connectivity index (χ1) is 9.45. The number of benzene rings is 1. The Morgan fingerprint density at radius 3 is 2.70 bits per heavy atom. The summed E-state index contributed by atoms with van der Waals surface area (Å²) < 4.78 is 38.4. The van der Waals surface area contributed by atoms with Gasteiger partial charge < -0.3 is 0 Å². The van der Waals surface area contributed by atoms with Crippen molar-refractivity contribution in [3.8, 4) is 0 Å². The van der Waals surface area contributed by atoms with Crippen molar-refractivity contribution in [2.24, 2.45) is 0 Å². The van der Waals surface area contributed by atoms with Crippen molar-refractivity contribution < 1.29 is 23.0 Å². The van der Waals surface area contributed by atoms with Gasteiger partial charge in [-0.2, -0.15) is 0 Å². The number of halogens is 3. The Labute approximate surface area is 135 Å². The van der Waals surface area contributed by atoms with E-state index < -0.39 is 50.1 Å². The van der Waals surface area contributed by atoms with Crippen LogP contribution in [0.15, 0.2) is 30.3 Å². The van der Waals surface area contributed by atoms with E-state index in [1.807, 2.05) is 30.3 Å². The van der Waals surface area contributed by atoms with Gasteiger partial charge in [0.05, 0.1) is 0 Å². The molecule has 3 atom stereocenters. The Morgan fingerprint density at radius 2 is 2.10 bits per heavy atom. The molecule has 0 N–H and O–H groups in total. The molecule has 1 fully saturated rings. The predicted molar refractivity (Wildman–Crippen MR) is 76.3 cm³/mol. The van der Waals surface area contributed by atoms with Crippen LogP contribution in [0.2, 0.25) is 0 Å². The van der Waals surface area contributed by atoms with Gasteiger partial charge >= 0.3 is 136 Å². The molecule has 0 unspecified atom stereocenters. The van der Waals surface area contributed by atoms with Gasteiger partial charge in [0.1, 0.15) is 0 Å². The molecule has 1 aliphatic heterocycles. The molecule has 1 aromatic rings. The molecule has 20 heavy (non-hydrogen) atoms. The van der Waals surface area contributed by atoms with E-state index in [9.17, 15) is 13.6 Å². The van der Waals surface area contributed by atoms with Gasteiger partial charge in [0.25, 0.3) is 0 Å². The van der Waals surface area contributed by atoms with E-state index in [0.717, 1.165) is 3.27 Å². The van der Waals surface area contributed by atoms with Gasteiger partial charge in [-0.3, -0.25) is 0 Å². The summed E-state index contributed by atoms with van der Waals surface area (Å²) >= 11 is 0.868. The maximum atomic E-state index is 13.9. The van der Waals surface area contributed by atoms with Crippen molar-refractivity contribution in [3.05, 3.63) is 30.3 Å². The van der Waals surface area contributed by atoms with Crippen LogP contribution in [0, 0.1) is 0 Å². The Kier molecular flexibility index (Phi) is 5.49. The molecule has 0 spiro atoms. The molecule has 1 heterocycles. The topological polar surface area (TPSA) is 35.5 Å². The average Bonchev–Trinajstić information content (AvgIpc) is 2.63. The van der Waals surface area contributed by atoms with E-state index in [1.54, 1.807) is 6.92 Å². The summed E-state index contributed by atoms with van der Waals surface area (Å²) in [5.74, 6) is -3.20. The number of alkyl halides is 3. The van der Waals surface area contributed by atoms with E-state index in [1.165, 1.54) is 0 Å². The van der Waals surface area contributed by atoms with E-state index in [4.69, 9.17) is 9.47 Å². The van der Waals surface area contributed by atoms with Crippen molar-refractivity contribution in [2.75, 3.05) is 0 Å². The molecule has 0 aliphatic carbocycles. The van der Waals surface area contributed by atoms with Crippen LogP contribution in [0.5, 0.6) is 0 Å². The van der Waals surface area contributed by atoms with Crippen molar-refractivity contribution in [1.29, 1.82) is 0 Å². The fourth-order valence-electron chi connectivity index (χ4n) is 1.94. The Bertz CT molecular complexity index is 472. The van der Waals surface area contributed by atoms with Crippen LogP contribution >= 0.6 is 15.9 Å². The summed E-state index contributed by atoms with van der Waals surface area (Å²) in [5.41, 5.74) is 0. The Balaban J connectivity index is 2.02. The number of hydrogen-bond acceptors (Lipinski definition) is 3. The van der Waals surface area contributed by atoms with Crippen LogP contribution in [0.4, 0.5) is 13.6 Å². The summed E-state index contributed by atoms with van der Waals surface area (Å²) in [6.07, 6.45) is -1.90. The third kappa shape index (κ3) is 3.55. The Morgan fingerprint density at radius 1 is 1.45 bits per heavy atom. The molecule has 2 rings (SSSR count). The zero-order valence-electron chi connectivity index (χ0n) is 10.7. The minimum absolute atomic E-state index is 0.370. The normalized spacial score (nSPS) is 28.3. The Hall–Kier alpha value is -0.127. The molecule has 0 saturated carbocycles. The van der Waals surface area contributed by atoms with Gasteiger partial charge in [0, 0.05) is 0 Å². The molecule has 0 amide bonds. The van der Waals surface area contributed by atoms with Gasteiger partial charge in [-0.05, 0) is 0 Å². The molecule has 0 radical (unpaired) electrons. The minimum atomic E-state index is -3.20. The van der Waals surface area contributed by atoms with Gasteiger partial charge in [0.2, 0.25) is 0 Å². The number of rotatable bonds is 4. The van der Waals surface area contributed by atoms with Gasteiger partial charge in [-0.1, -0.05) is 0 Å². The van der Waals surface area contributed by atoms with Crippen molar-refractivity contribution in [1.82, 2.24) is 0 Å². The van der Waals surface area contributed by atoms with Gasteiger partial charge in [0.15, 0.2) is 0 Å². The number of carbonyl (C=O) groups is 1. The first-order valence-electron chi connectivity index (χ1n) is 6.15. The third-order valence-corrected chi connectivity index (χ3v) is 7.47. The van der Waals surface area contributed by atoms with E-state index >= 15 is 0 Å². The first-order valence-corrected chi connectivity index (χ1v) is 11.0. The standard InChI is InChI=1S/C7H8BrF2O3.C6H5.Bi.H/c1-2-4-5(12-3-11)7(9,10)6(8)13-4;1-2-4-6-5-3-1;;/h4-6H,2H2,1H3;1-5H;;/t4-,5+,6+;;;/m1.../s1. The number of carbonyl (C=O) groups excluding carboxylic acids is 1. The molecule has 3 nitrogen and oxygen atoms in total. The first kappa shape index (κ1) is 16.2. The zero-order chi connectivity index (χ0) is 14.8. The van der Waals surface area contributed by atoms with Crippen LogP contribution in [0.25, 0.3) is 0 Å². The van der Waals surface area contributed by atoms with Crippen molar-refractivity contribution in [3.63, 3.8) is 0 Å². The molecule has 1 aliphatic rings. The fraction of sp³-hybridized carbons (Fsp3) is 0.462. The molecule has 0 bridgehead atoms. The summed E-state index contributed by atoms with van der Waals surface area (Å²) in [7, 11) is 0. The summed E-state index contributed by atoms with van der Waals surface area (Å²) in [6.45, 7) is 1.73. The molecule has 1 aromatic carbocycles. The van der Waals surface area contributed by atoms with Crippen molar-refractivity contribution in [2.45, 2.75) is 36.5 Å². The van der Waals surface area contributed by atoms with Crippen LogP contribution in [0.3, 0.4) is 0 Å². The van der Waals surface area contributed by atoms with Crippen molar-refractivity contribution >= 4 is 46.1 Å². The zero-order valence-corrected chi connectivity index (χ0v) is 16.2.